The second-order valence-electron chi connectivity index (χ2n) is 6.23. The van der Waals surface area contributed by atoms with Gasteiger partial charge in [-0.1, -0.05) is 13.8 Å². The van der Waals surface area contributed by atoms with Crippen molar-refractivity contribution in [2.75, 3.05) is 13.7 Å². The molecule has 106 valence electrons. The number of hydrogen-bond acceptors (Lipinski definition) is 4. The zero-order chi connectivity index (χ0) is 13.9. The first kappa shape index (κ1) is 15.4. The second kappa shape index (κ2) is 6.02. The van der Waals surface area contributed by atoms with Gasteiger partial charge in [0.25, 0.3) is 0 Å². The molecule has 0 aromatic rings. The maximum Gasteiger partial charge on any atom is 0.325 e. The monoisotopic (exact) mass is 256 g/mol. The first-order valence-electron chi connectivity index (χ1n) is 6.93. The molecule has 1 rings (SSSR count). The molecule has 1 saturated carbocycles. The van der Waals surface area contributed by atoms with Crippen LogP contribution >= 0.6 is 0 Å². The van der Waals surface area contributed by atoms with Gasteiger partial charge in [-0.2, -0.15) is 0 Å². The molecule has 18 heavy (non-hydrogen) atoms. The molecule has 1 aliphatic carbocycles. The summed E-state index contributed by atoms with van der Waals surface area (Å²) >= 11 is 0. The predicted molar refractivity (Wildman–Crippen MR) is 73.3 cm³/mol. The summed E-state index contributed by atoms with van der Waals surface area (Å²) in [7, 11) is 1.42. The molecule has 0 aromatic heterocycles. The van der Waals surface area contributed by atoms with Gasteiger partial charge in [-0.25, -0.2) is 0 Å². The van der Waals surface area contributed by atoms with Crippen molar-refractivity contribution < 1.29 is 9.53 Å². The zero-order valence-corrected chi connectivity index (χ0v) is 12.4. The first-order valence-corrected chi connectivity index (χ1v) is 6.93. The minimum Gasteiger partial charge on any atom is -0.468 e. The van der Waals surface area contributed by atoms with Gasteiger partial charge in [0.1, 0.15) is 5.54 Å². The Labute approximate surface area is 111 Å². The average molecular weight is 256 g/mol. The fraction of sp³-hybridized carbons (Fsp3) is 0.929. The molecule has 0 heterocycles. The summed E-state index contributed by atoms with van der Waals surface area (Å²) in [4.78, 5) is 14.2. The lowest BCUT2D eigenvalue weighted by atomic mass is 9.98. The lowest BCUT2D eigenvalue weighted by Crippen LogP contribution is -2.49. The number of hydrogen-bond donors (Lipinski definition) is 1. The molecular weight excluding hydrogens is 228 g/mol. The SMILES string of the molecule is COC(=O)C1(N)CCC(N(CC(C)C)C(C)C)C1. The van der Waals surface area contributed by atoms with Gasteiger partial charge in [-0.3, -0.25) is 9.69 Å². The number of methoxy groups -OCH3 is 1. The van der Waals surface area contributed by atoms with E-state index < -0.39 is 5.54 Å². The Morgan fingerprint density at radius 3 is 2.50 bits per heavy atom. The van der Waals surface area contributed by atoms with E-state index in [0.717, 1.165) is 19.4 Å². The lowest BCUT2D eigenvalue weighted by molar-refractivity contribution is -0.147. The second-order valence-corrected chi connectivity index (χ2v) is 6.23. The van der Waals surface area contributed by atoms with E-state index in [2.05, 4.69) is 32.6 Å². The first-order chi connectivity index (χ1) is 8.30. The summed E-state index contributed by atoms with van der Waals surface area (Å²) in [5.74, 6) is 0.358. The highest BCUT2D eigenvalue weighted by Crippen LogP contribution is 2.33. The third-order valence-electron chi connectivity index (χ3n) is 3.82. The summed E-state index contributed by atoms with van der Waals surface area (Å²) in [6.07, 6.45) is 2.42. The van der Waals surface area contributed by atoms with Crippen molar-refractivity contribution in [2.24, 2.45) is 11.7 Å². The minimum absolute atomic E-state index is 0.266. The summed E-state index contributed by atoms with van der Waals surface area (Å²) in [5.41, 5.74) is 5.40. The van der Waals surface area contributed by atoms with Crippen molar-refractivity contribution in [3.8, 4) is 0 Å². The summed E-state index contributed by atoms with van der Waals surface area (Å²) in [5, 5.41) is 0. The van der Waals surface area contributed by atoms with E-state index in [1.165, 1.54) is 7.11 Å². The van der Waals surface area contributed by atoms with E-state index in [1.807, 2.05) is 0 Å². The van der Waals surface area contributed by atoms with Crippen LogP contribution in [0.3, 0.4) is 0 Å². The van der Waals surface area contributed by atoms with Crippen molar-refractivity contribution in [1.29, 1.82) is 0 Å². The van der Waals surface area contributed by atoms with E-state index in [4.69, 9.17) is 10.5 Å². The maximum absolute atomic E-state index is 11.7. The van der Waals surface area contributed by atoms with Crippen molar-refractivity contribution >= 4 is 5.97 Å². The number of nitrogens with zero attached hydrogens (tertiary/aromatic N) is 1. The van der Waals surface area contributed by atoms with E-state index >= 15 is 0 Å². The van der Waals surface area contributed by atoms with Gasteiger partial charge in [0, 0.05) is 18.6 Å². The largest absolute Gasteiger partial charge is 0.468 e. The van der Waals surface area contributed by atoms with Gasteiger partial charge in [-0.15, -0.1) is 0 Å². The van der Waals surface area contributed by atoms with Crippen LogP contribution in [-0.4, -0.2) is 42.1 Å². The van der Waals surface area contributed by atoms with E-state index in [1.54, 1.807) is 0 Å². The highest BCUT2D eigenvalue weighted by Gasteiger charge is 2.45. The molecule has 0 aromatic carbocycles. The minimum atomic E-state index is -0.774. The van der Waals surface area contributed by atoms with Crippen molar-refractivity contribution in [3.63, 3.8) is 0 Å². The highest BCUT2D eigenvalue weighted by molar-refractivity contribution is 5.81. The number of ether oxygens (including phenoxy) is 1. The fourth-order valence-electron chi connectivity index (χ4n) is 2.92. The number of rotatable bonds is 5. The number of nitrogens with two attached hydrogens (primary N) is 1. The van der Waals surface area contributed by atoms with Crippen LogP contribution in [0.2, 0.25) is 0 Å². The Morgan fingerprint density at radius 1 is 1.44 bits per heavy atom. The fourth-order valence-corrected chi connectivity index (χ4v) is 2.92. The van der Waals surface area contributed by atoms with E-state index in [9.17, 15) is 4.79 Å². The molecule has 2 atom stereocenters. The molecule has 1 fully saturated rings. The molecule has 0 aliphatic heterocycles. The van der Waals surface area contributed by atoms with Crippen LogP contribution in [0.5, 0.6) is 0 Å². The van der Waals surface area contributed by atoms with Crippen LogP contribution in [-0.2, 0) is 9.53 Å². The molecule has 4 heteroatoms. The molecule has 0 spiro atoms. The Kier molecular flexibility index (Phi) is 5.17. The predicted octanol–water partition coefficient (Wildman–Crippen LogP) is 1.78. The Balaban J connectivity index is 2.71. The topological polar surface area (TPSA) is 55.6 Å². The van der Waals surface area contributed by atoms with Crippen molar-refractivity contribution in [3.05, 3.63) is 0 Å². The van der Waals surface area contributed by atoms with Crippen LogP contribution in [0, 0.1) is 5.92 Å². The number of esters is 1. The Bertz CT molecular complexity index is 292. The van der Waals surface area contributed by atoms with Crippen LogP contribution in [0.15, 0.2) is 0 Å². The quantitative estimate of drug-likeness (QED) is 0.762. The van der Waals surface area contributed by atoms with Crippen LogP contribution in [0.1, 0.15) is 47.0 Å². The van der Waals surface area contributed by atoms with Crippen molar-refractivity contribution in [2.45, 2.75) is 64.6 Å². The third kappa shape index (κ3) is 3.45. The number of carbonyl (C=O) groups excluding carboxylic acids is 1. The molecule has 1 aliphatic rings. The van der Waals surface area contributed by atoms with Gasteiger partial charge in [0.2, 0.25) is 0 Å². The van der Waals surface area contributed by atoms with Gasteiger partial charge in [-0.05, 0) is 39.0 Å². The van der Waals surface area contributed by atoms with Crippen LogP contribution < -0.4 is 5.73 Å². The molecule has 4 nitrogen and oxygen atoms in total. The van der Waals surface area contributed by atoms with Gasteiger partial charge in [0.05, 0.1) is 7.11 Å². The molecular formula is C14H28N2O2. The summed E-state index contributed by atoms with van der Waals surface area (Å²) in [6, 6.07) is 0.883. The standard InChI is InChI=1S/C14H28N2O2/c1-10(2)9-16(11(3)4)12-6-7-14(15,8-12)13(17)18-5/h10-12H,6-9,15H2,1-5H3. The smallest absolute Gasteiger partial charge is 0.325 e. The Hall–Kier alpha value is -0.610. The maximum atomic E-state index is 11.7. The van der Waals surface area contributed by atoms with Gasteiger partial charge in [0.15, 0.2) is 0 Å². The summed E-state index contributed by atoms with van der Waals surface area (Å²) in [6.45, 7) is 9.91. The summed E-state index contributed by atoms with van der Waals surface area (Å²) < 4.78 is 4.82. The molecule has 0 amide bonds. The van der Waals surface area contributed by atoms with E-state index in [0.29, 0.717) is 24.4 Å². The molecule has 0 radical (unpaired) electrons. The van der Waals surface area contributed by atoms with Gasteiger partial charge < -0.3 is 10.5 Å². The highest BCUT2D eigenvalue weighted by atomic mass is 16.5. The molecule has 0 saturated heterocycles. The average Bonchev–Trinajstić information content (AvgIpc) is 2.68. The van der Waals surface area contributed by atoms with Crippen LogP contribution in [0.4, 0.5) is 0 Å². The van der Waals surface area contributed by atoms with Crippen molar-refractivity contribution in [1.82, 2.24) is 4.90 Å². The molecule has 0 bridgehead atoms. The zero-order valence-electron chi connectivity index (χ0n) is 12.4. The molecule has 2 N–H and O–H groups in total. The third-order valence-corrected chi connectivity index (χ3v) is 3.82. The number of carbonyl (C=O) groups is 1. The van der Waals surface area contributed by atoms with Gasteiger partial charge >= 0.3 is 5.97 Å². The Morgan fingerprint density at radius 2 is 2.06 bits per heavy atom. The van der Waals surface area contributed by atoms with E-state index in [-0.39, 0.29) is 5.97 Å². The molecule has 2 unspecified atom stereocenters. The lowest BCUT2D eigenvalue weighted by Gasteiger charge is -2.34. The van der Waals surface area contributed by atoms with Crippen LogP contribution in [0.25, 0.3) is 0 Å². The normalized spacial score (nSPS) is 28.4.